The minimum Gasteiger partial charge on any atom is -0.342 e. The van der Waals surface area contributed by atoms with E-state index in [0.717, 1.165) is 48.8 Å². The molecule has 10 heteroatoms. The largest absolute Gasteiger partial charge is 0.417 e. The molecule has 1 amide bonds. The van der Waals surface area contributed by atoms with Gasteiger partial charge in [0.2, 0.25) is 15.9 Å². The average molecular weight is 467 g/mol. The quantitative estimate of drug-likeness (QED) is 0.663. The van der Waals surface area contributed by atoms with Crippen LogP contribution in [-0.2, 0) is 21.0 Å². The van der Waals surface area contributed by atoms with Crippen LogP contribution in [0.1, 0.15) is 44.6 Å². The second-order valence-electron chi connectivity index (χ2n) is 8.18. The van der Waals surface area contributed by atoms with Gasteiger partial charge in [0, 0.05) is 32.1 Å². The maximum absolute atomic E-state index is 13.1. The lowest BCUT2D eigenvalue weighted by Gasteiger charge is -2.33. The van der Waals surface area contributed by atoms with Crippen LogP contribution in [0.25, 0.3) is 0 Å². The third kappa shape index (κ3) is 5.11. The molecule has 2 saturated heterocycles. The molecule has 1 aromatic carbocycles. The monoisotopic (exact) mass is 466 g/mol. The number of benzene rings is 1. The van der Waals surface area contributed by atoms with Gasteiger partial charge in [-0.25, -0.2) is 8.42 Å². The van der Waals surface area contributed by atoms with E-state index in [-0.39, 0.29) is 24.9 Å². The number of hydrogen-bond donors (Lipinski definition) is 0. The molecule has 0 radical (unpaired) electrons. The van der Waals surface area contributed by atoms with E-state index in [2.05, 4.69) is 6.92 Å². The van der Waals surface area contributed by atoms with Crippen molar-refractivity contribution in [2.75, 3.05) is 26.2 Å². The Morgan fingerprint density at radius 3 is 2.37 bits per heavy atom. The van der Waals surface area contributed by atoms with Gasteiger partial charge in [0.1, 0.15) is 0 Å². The van der Waals surface area contributed by atoms with Crippen molar-refractivity contribution in [3.8, 4) is 0 Å². The van der Waals surface area contributed by atoms with Crippen molar-refractivity contribution in [1.82, 2.24) is 9.21 Å². The topological polar surface area (TPSA) is 57.7 Å². The molecule has 0 bridgehead atoms. The van der Waals surface area contributed by atoms with Crippen LogP contribution in [-0.4, -0.2) is 49.7 Å². The summed E-state index contributed by atoms with van der Waals surface area (Å²) in [6, 6.07) is 2.61. The zero-order valence-corrected chi connectivity index (χ0v) is 18.4. The molecular formula is C20H26ClF3N2O3S. The van der Waals surface area contributed by atoms with Gasteiger partial charge in [0.05, 0.1) is 15.5 Å². The molecule has 3 rings (SSSR count). The normalized spacial score (nSPS) is 22.7. The van der Waals surface area contributed by atoms with Gasteiger partial charge in [0.15, 0.2) is 0 Å². The second-order valence-corrected chi connectivity index (χ2v) is 10.5. The van der Waals surface area contributed by atoms with Crippen molar-refractivity contribution in [2.45, 2.75) is 50.1 Å². The fourth-order valence-electron chi connectivity index (χ4n) is 4.12. The van der Waals surface area contributed by atoms with E-state index in [1.807, 2.05) is 4.90 Å². The van der Waals surface area contributed by atoms with Crippen LogP contribution in [0.4, 0.5) is 13.2 Å². The van der Waals surface area contributed by atoms with Crippen LogP contribution < -0.4 is 0 Å². The van der Waals surface area contributed by atoms with E-state index in [9.17, 15) is 26.4 Å². The summed E-state index contributed by atoms with van der Waals surface area (Å²) in [4.78, 5) is 14.3. The Morgan fingerprint density at radius 1 is 1.07 bits per heavy atom. The lowest BCUT2D eigenvalue weighted by Crippen LogP contribution is -2.44. The first-order valence-corrected chi connectivity index (χ1v) is 12.0. The highest BCUT2D eigenvalue weighted by molar-refractivity contribution is 7.89. The molecule has 2 fully saturated rings. The Balaban J connectivity index is 1.67. The van der Waals surface area contributed by atoms with Gasteiger partial charge in [-0.15, -0.1) is 0 Å². The number of carbonyl (C=O) groups is 1. The van der Waals surface area contributed by atoms with Gasteiger partial charge in [-0.05, 0) is 56.2 Å². The van der Waals surface area contributed by atoms with Crippen molar-refractivity contribution in [1.29, 1.82) is 0 Å². The summed E-state index contributed by atoms with van der Waals surface area (Å²) < 4.78 is 66.2. The molecule has 1 atom stereocenters. The van der Waals surface area contributed by atoms with Crippen LogP contribution in [0.15, 0.2) is 23.1 Å². The number of halogens is 4. The first-order valence-electron chi connectivity index (χ1n) is 10.2. The molecule has 0 aliphatic carbocycles. The van der Waals surface area contributed by atoms with E-state index in [1.165, 1.54) is 0 Å². The highest BCUT2D eigenvalue weighted by Gasteiger charge is 2.37. The molecule has 168 valence electrons. The van der Waals surface area contributed by atoms with Crippen LogP contribution in [0.3, 0.4) is 0 Å². The lowest BCUT2D eigenvalue weighted by molar-refractivity contribution is -0.138. The third-order valence-electron chi connectivity index (χ3n) is 6.01. The summed E-state index contributed by atoms with van der Waals surface area (Å²) in [5.74, 6) is 0.406. The summed E-state index contributed by atoms with van der Waals surface area (Å²) in [6.07, 6.45) is -0.975. The van der Waals surface area contributed by atoms with E-state index >= 15 is 0 Å². The molecule has 1 unspecified atom stereocenters. The number of alkyl halides is 3. The molecule has 0 saturated carbocycles. The number of nitrogens with zero attached hydrogens (tertiary/aromatic N) is 2. The predicted molar refractivity (Wildman–Crippen MR) is 108 cm³/mol. The SMILES string of the molecule is CC1CCCN(C(=O)C2CCN(S(=O)(=O)c3ccc(Cl)c(C(F)(F)F)c3)CC2)CC1. The Bertz CT molecular complexity index is 884. The second kappa shape index (κ2) is 9.04. The highest BCUT2D eigenvalue weighted by atomic mass is 35.5. The van der Waals surface area contributed by atoms with Crippen LogP contribution >= 0.6 is 11.6 Å². The lowest BCUT2D eigenvalue weighted by atomic mass is 9.96. The van der Waals surface area contributed by atoms with E-state index in [4.69, 9.17) is 11.6 Å². The van der Waals surface area contributed by atoms with Crippen LogP contribution in [0, 0.1) is 11.8 Å². The van der Waals surface area contributed by atoms with Crippen LogP contribution in [0.5, 0.6) is 0 Å². The highest BCUT2D eigenvalue weighted by Crippen LogP contribution is 2.37. The zero-order chi connectivity index (χ0) is 22.1. The molecular weight excluding hydrogens is 441 g/mol. The summed E-state index contributed by atoms with van der Waals surface area (Å²) in [7, 11) is -4.10. The number of rotatable bonds is 3. The van der Waals surface area contributed by atoms with Crippen molar-refractivity contribution < 1.29 is 26.4 Å². The molecule has 1 aromatic rings. The number of piperidine rings is 1. The van der Waals surface area contributed by atoms with E-state index in [1.54, 1.807) is 0 Å². The van der Waals surface area contributed by atoms with Crippen molar-refractivity contribution in [2.24, 2.45) is 11.8 Å². The van der Waals surface area contributed by atoms with Gasteiger partial charge < -0.3 is 4.90 Å². The standard InChI is InChI=1S/C20H26ClF3N2O3S/c1-14-3-2-9-25(10-6-14)19(27)15-7-11-26(12-8-15)30(28,29)16-4-5-18(21)17(13-16)20(22,23)24/h4-5,13-15H,2-3,6-12H2,1H3. The minimum absolute atomic E-state index is 0.0620. The number of hydrogen-bond acceptors (Lipinski definition) is 3. The molecule has 30 heavy (non-hydrogen) atoms. The predicted octanol–water partition coefficient (Wildman–Crippen LogP) is 4.41. The zero-order valence-electron chi connectivity index (χ0n) is 16.8. The minimum atomic E-state index is -4.74. The first-order chi connectivity index (χ1) is 14.0. The fourth-order valence-corrected chi connectivity index (χ4v) is 5.84. The smallest absolute Gasteiger partial charge is 0.342 e. The summed E-state index contributed by atoms with van der Waals surface area (Å²) in [6.45, 7) is 3.84. The number of sulfonamides is 1. The summed E-state index contributed by atoms with van der Waals surface area (Å²) >= 11 is 5.59. The molecule has 2 heterocycles. The van der Waals surface area contributed by atoms with Gasteiger partial charge in [-0.3, -0.25) is 4.79 Å². The Morgan fingerprint density at radius 2 is 1.73 bits per heavy atom. The molecule has 0 spiro atoms. The summed E-state index contributed by atoms with van der Waals surface area (Å²) in [5, 5.41) is -0.544. The summed E-state index contributed by atoms with van der Waals surface area (Å²) in [5.41, 5.74) is -1.18. The fraction of sp³-hybridized carbons (Fsp3) is 0.650. The molecule has 2 aliphatic heterocycles. The maximum atomic E-state index is 13.1. The maximum Gasteiger partial charge on any atom is 0.417 e. The van der Waals surface area contributed by atoms with Crippen molar-refractivity contribution >= 4 is 27.5 Å². The van der Waals surface area contributed by atoms with Gasteiger partial charge in [-0.1, -0.05) is 18.5 Å². The van der Waals surface area contributed by atoms with E-state index in [0.29, 0.717) is 24.8 Å². The number of carbonyl (C=O) groups excluding carboxylic acids is 1. The Hall–Kier alpha value is -1.32. The van der Waals surface area contributed by atoms with Gasteiger partial charge in [-0.2, -0.15) is 17.5 Å². The number of amides is 1. The van der Waals surface area contributed by atoms with Crippen molar-refractivity contribution in [3.05, 3.63) is 28.8 Å². The average Bonchev–Trinajstić information content (AvgIpc) is 2.91. The molecule has 5 nitrogen and oxygen atoms in total. The first kappa shape index (κ1) is 23.3. The molecule has 0 aromatic heterocycles. The Labute approximate surface area is 180 Å². The van der Waals surface area contributed by atoms with Gasteiger partial charge in [0.25, 0.3) is 0 Å². The van der Waals surface area contributed by atoms with Crippen molar-refractivity contribution in [3.63, 3.8) is 0 Å². The molecule has 2 aliphatic rings. The van der Waals surface area contributed by atoms with E-state index < -0.39 is 31.7 Å². The van der Waals surface area contributed by atoms with Gasteiger partial charge >= 0.3 is 6.18 Å². The molecule has 0 N–H and O–H groups in total. The Kier molecular flexibility index (Phi) is 7.04. The van der Waals surface area contributed by atoms with Crippen LogP contribution in [0.2, 0.25) is 5.02 Å². The third-order valence-corrected chi connectivity index (χ3v) is 8.24. The number of likely N-dealkylation sites (tertiary alicyclic amines) is 1.